The molecule has 0 fully saturated rings. The molecule has 2 rings (SSSR count). The standard InChI is InChI=1S/C16H18N2O2/c1-3-18(13-7-4-11(2)5-8-13)15-9-6-12(17)10-14(15)16(19)20/h4-10H,3,17H2,1-2H3,(H,19,20). The van der Waals surface area contributed by atoms with Gasteiger partial charge in [-0.25, -0.2) is 4.79 Å². The molecule has 0 aromatic heterocycles. The van der Waals surface area contributed by atoms with Crippen LogP contribution in [0.25, 0.3) is 0 Å². The molecule has 0 amide bonds. The van der Waals surface area contributed by atoms with Crippen molar-refractivity contribution in [2.24, 2.45) is 0 Å². The summed E-state index contributed by atoms with van der Waals surface area (Å²) in [6, 6.07) is 13.0. The number of rotatable bonds is 4. The summed E-state index contributed by atoms with van der Waals surface area (Å²) in [6.45, 7) is 4.68. The highest BCUT2D eigenvalue weighted by molar-refractivity contribution is 5.96. The molecule has 0 heterocycles. The fourth-order valence-electron chi connectivity index (χ4n) is 2.18. The summed E-state index contributed by atoms with van der Waals surface area (Å²) in [5.41, 5.74) is 9.13. The van der Waals surface area contributed by atoms with Crippen LogP contribution in [0.3, 0.4) is 0 Å². The number of aryl methyl sites for hydroxylation is 1. The van der Waals surface area contributed by atoms with E-state index in [2.05, 4.69) is 0 Å². The number of carboxylic acids is 1. The van der Waals surface area contributed by atoms with E-state index in [4.69, 9.17) is 5.73 Å². The molecule has 20 heavy (non-hydrogen) atoms. The lowest BCUT2D eigenvalue weighted by molar-refractivity contribution is 0.0697. The maximum Gasteiger partial charge on any atom is 0.337 e. The third-order valence-electron chi connectivity index (χ3n) is 3.20. The second-order valence-electron chi connectivity index (χ2n) is 4.66. The normalized spacial score (nSPS) is 10.3. The average Bonchev–Trinajstić information content (AvgIpc) is 2.43. The first-order valence-corrected chi connectivity index (χ1v) is 6.50. The Bertz CT molecular complexity index is 621. The van der Waals surface area contributed by atoms with Gasteiger partial charge < -0.3 is 15.7 Å². The van der Waals surface area contributed by atoms with Gasteiger partial charge in [-0.15, -0.1) is 0 Å². The van der Waals surface area contributed by atoms with Crippen molar-refractivity contribution in [2.75, 3.05) is 17.2 Å². The van der Waals surface area contributed by atoms with Gasteiger partial charge in [0.15, 0.2) is 0 Å². The zero-order valence-corrected chi connectivity index (χ0v) is 11.6. The molecule has 0 aliphatic rings. The Morgan fingerprint density at radius 2 is 1.85 bits per heavy atom. The molecular weight excluding hydrogens is 252 g/mol. The molecule has 104 valence electrons. The van der Waals surface area contributed by atoms with Gasteiger partial charge >= 0.3 is 5.97 Å². The number of carbonyl (C=O) groups is 1. The van der Waals surface area contributed by atoms with Gasteiger partial charge in [-0.3, -0.25) is 0 Å². The van der Waals surface area contributed by atoms with E-state index in [1.54, 1.807) is 12.1 Å². The van der Waals surface area contributed by atoms with Crippen molar-refractivity contribution in [3.63, 3.8) is 0 Å². The van der Waals surface area contributed by atoms with Crippen LogP contribution < -0.4 is 10.6 Å². The van der Waals surface area contributed by atoms with Crippen molar-refractivity contribution in [1.82, 2.24) is 0 Å². The first-order chi connectivity index (χ1) is 9.52. The van der Waals surface area contributed by atoms with Gasteiger partial charge in [0.05, 0.1) is 11.3 Å². The van der Waals surface area contributed by atoms with E-state index >= 15 is 0 Å². The molecule has 0 saturated heterocycles. The number of hydrogen-bond donors (Lipinski definition) is 2. The van der Waals surface area contributed by atoms with Crippen molar-refractivity contribution >= 4 is 23.0 Å². The molecule has 0 atom stereocenters. The Balaban J connectivity index is 2.51. The number of anilines is 3. The zero-order valence-electron chi connectivity index (χ0n) is 11.6. The summed E-state index contributed by atoms with van der Waals surface area (Å²) in [7, 11) is 0. The lowest BCUT2D eigenvalue weighted by Crippen LogP contribution is -2.19. The van der Waals surface area contributed by atoms with E-state index in [9.17, 15) is 9.90 Å². The Hall–Kier alpha value is -2.49. The monoisotopic (exact) mass is 270 g/mol. The van der Waals surface area contributed by atoms with Gasteiger partial charge in [-0.1, -0.05) is 17.7 Å². The quantitative estimate of drug-likeness (QED) is 0.835. The third-order valence-corrected chi connectivity index (χ3v) is 3.20. The first-order valence-electron chi connectivity index (χ1n) is 6.50. The Labute approximate surface area is 118 Å². The van der Waals surface area contributed by atoms with Gasteiger partial charge in [0.2, 0.25) is 0 Å². The highest BCUT2D eigenvalue weighted by Crippen LogP contribution is 2.30. The predicted octanol–water partition coefficient (Wildman–Crippen LogP) is 3.43. The van der Waals surface area contributed by atoms with Crippen molar-refractivity contribution in [3.05, 3.63) is 53.6 Å². The number of aromatic carboxylic acids is 1. The molecule has 2 aromatic rings. The van der Waals surface area contributed by atoms with Crippen LogP contribution in [0.5, 0.6) is 0 Å². The average molecular weight is 270 g/mol. The fourth-order valence-corrected chi connectivity index (χ4v) is 2.18. The number of hydrogen-bond acceptors (Lipinski definition) is 3. The number of carboxylic acid groups (broad SMARTS) is 1. The van der Waals surface area contributed by atoms with E-state index in [-0.39, 0.29) is 5.56 Å². The van der Waals surface area contributed by atoms with Crippen molar-refractivity contribution in [1.29, 1.82) is 0 Å². The molecule has 4 heteroatoms. The largest absolute Gasteiger partial charge is 0.478 e. The summed E-state index contributed by atoms with van der Waals surface area (Å²) in [5.74, 6) is -0.974. The Morgan fingerprint density at radius 1 is 1.20 bits per heavy atom. The summed E-state index contributed by atoms with van der Waals surface area (Å²) >= 11 is 0. The number of nitrogen functional groups attached to an aromatic ring is 1. The molecule has 4 nitrogen and oxygen atoms in total. The second-order valence-corrected chi connectivity index (χ2v) is 4.66. The highest BCUT2D eigenvalue weighted by Gasteiger charge is 2.16. The van der Waals surface area contributed by atoms with E-state index < -0.39 is 5.97 Å². The maximum atomic E-state index is 11.4. The number of nitrogens with zero attached hydrogens (tertiary/aromatic N) is 1. The van der Waals surface area contributed by atoms with Gasteiger partial charge in [0, 0.05) is 17.9 Å². The lowest BCUT2D eigenvalue weighted by atomic mass is 10.1. The first kappa shape index (κ1) is 13.9. The second kappa shape index (κ2) is 5.65. The summed E-state index contributed by atoms with van der Waals surface area (Å²) in [5, 5.41) is 9.34. The van der Waals surface area contributed by atoms with Gasteiger partial charge in [0.1, 0.15) is 0 Å². The third kappa shape index (κ3) is 2.74. The van der Waals surface area contributed by atoms with Gasteiger partial charge in [0.25, 0.3) is 0 Å². The van der Waals surface area contributed by atoms with E-state index in [1.807, 2.05) is 43.0 Å². The minimum absolute atomic E-state index is 0.215. The van der Waals surface area contributed by atoms with Crippen LogP contribution in [0.4, 0.5) is 17.1 Å². The van der Waals surface area contributed by atoms with Crippen LogP contribution in [-0.4, -0.2) is 17.6 Å². The lowest BCUT2D eigenvalue weighted by Gasteiger charge is -2.25. The molecular formula is C16H18N2O2. The van der Waals surface area contributed by atoms with Crippen molar-refractivity contribution < 1.29 is 9.90 Å². The van der Waals surface area contributed by atoms with Gasteiger partial charge in [-0.2, -0.15) is 0 Å². The minimum atomic E-state index is -0.974. The van der Waals surface area contributed by atoms with Crippen LogP contribution in [0.1, 0.15) is 22.8 Å². The van der Waals surface area contributed by atoms with Crippen molar-refractivity contribution in [3.8, 4) is 0 Å². The molecule has 0 spiro atoms. The highest BCUT2D eigenvalue weighted by atomic mass is 16.4. The smallest absolute Gasteiger partial charge is 0.337 e. The number of benzene rings is 2. The van der Waals surface area contributed by atoms with E-state index in [0.717, 1.165) is 5.69 Å². The van der Waals surface area contributed by atoms with E-state index in [1.165, 1.54) is 11.6 Å². The Kier molecular flexibility index (Phi) is 3.94. The maximum absolute atomic E-state index is 11.4. The van der Waals surface area contributed by atoms with Crippen LogP contribution >= 0.6 is 0 Å². The number of nitrogens with two attached hydrogens (primary N) is 1. The Morgan fingerprint density at radius 3 is 2.40 bits per heavy atom. The minimum Gasteiger partial charge on any atom is -0.478 e. The summed E-state index contributed by atoms with van der Waals surface area (Å²) in [4.78, 5) is 13.4. The fraction of sp³-hybridized carbons (Fsp3) is 0.188. The zero-order chi connectivity index (χ0) is 14.7. The van der Waals surface area contributed by atoms with Crippen LogP contribution in [-0.2, 0) is 0 Å². The van der Waals surface area contributed by atoms with Crippen LogP contribution in [0, 0.1) is 6.92 Å². The summed E-state index contributed by atoms with van der Waals surface area (Å²) < 4.78 is 0. The molecule has 0 bridgehead atoms. The topological polar surface area (TPSA) is 66.6 Å². The van der Waals surface area contributed by atoms with Crippen molar-refractivity contribution in [2.45, 2.75) is 13.8 Å². The van der Waals surface area contributed by atoms with Crippen LogP contribution in [0.2, 0.25) is 0 Å². The molecule has 0 aliphatic carbocycles. The van der Waals surface area contributed by atoms with Gasteiger partial charge in [-0.05, 0) is 44.2 Å². The SMILES string of the molecule is CCN(c1ccc(C)cc1)c1ccc(N)cc1C(=O)O. The molecule has 0 radical (unpaired) electrons. The van der Waals surface area contributed by atoms with Crippen LogP contribution in [0.15, 0.2) is 42.5 Å². The molecule has 3 N–H and O–H groups in total. The summed E-state index contributed by atoms with van der Waals surface area (Å²) in [6.07, 6.45) is 0. The molecule has 0 saturated carbocycles. The predicted molar refractivity (Wildman–Crippen MR) is 81.7 cm³/mol. The van der Waals surface area contributed by atoms with E-state index in [0.29, 0.717) is 17.9 Å². The molecule has 0 unspecified atom stereocenters. The molecule has 2 aromatic carbocycles. The molecule has 0 aliphatic heterocycles.